The predicted octanol–water partition coefficient (Wildman–Crippen LogP) is 1.92. The Bertz CT molecular complexity index is 801. The zero-order valence-corrected chi connectivity index (χ0v) is 13.3. The van der Waals surface area contributed by atoms with Gasteiger partial charge in [0.15, 0.2) is 0 Å². The van der Waals surface area contributed by atoms with Gasteiger partial charge in [-0.3, -0.25) is 24.4 Å². The first kappa shape index (κ1) is 17.9. The summed E-state index contributed by atoms with van der Waals surface area (Å²) in [5, 5.41) is 26.3. The van der Waals surface area contributed by atoms with Crippen molar-refractivity contribution in [3.05, 3.63) is 46.3 Å². The van der Waals surface area contributed by atoms with Crippen molar-refractivity contribution in [1.29, 1.82) is 0 Å². The molecule has 0 atom stereocenters. The number of amides is 1. The predicted molar refractivity (Wildman–Crippen MR) is 86.7 cm³/mol. The van der Waals surface area contributed by atoms with Gasteiger partial charge in [-0.05, 0) is 25.1 Å². The van der Waals surface area contributed by atoms with Crippen LogP contribution in [-0.2, 0) is 11.3 Å². The molecule has 0 spiro atoms. The molecule has 0 unspecified atom stereocenters. The normalized spacial score (nSPS) is 10.3. The average Bonchev–Trinajstić information content (AvgIpc) is 3.03. The highest BCUT2D eigenvalue weighted by Gasteiger charge is 2.20. The minimum absolute atomic E-state index is 0.00411. The number of rotatable bonds is 8. The van der Waals surface area contributed by atoms with Crippen LogP contribution in [0, 0.1) is 10.1 Å². The molecule has 0 aliphatic carbocycles. The molecule has 0 aliphatic heterocycles. The number of anilines is 1. The molecule has 2 aromatic rings. The first-order chi connectivity index (χ1) is 11.9. The van der Waals surface area contributed by atoms with Crippen LogP contribution in [0.25, 0.3) is 0 Å². The lowest BCUT2D eigenvalue weighted by Crippen LogP contribution is -2.19. The Morgan fingerprint density at radius 2 is 2.16 bits per heavy atom. The lowest BCUT2D eigenvalue weighted by atomic mass is 10.2. The van der Waals surface area contributed by atoms with Gasteiger partial charge in [0.2, 0.25) is 0 Å². The third-order valence-corrected chi connectivity index (χ3v) is 3.21. The van der Waals surface area contributed by atoms with Crippen LogP contribution in [0.5, 0.6) is 5.75 Å². The van der Waals surface area contributed by atoms with Gasteiger partial charge < -0.3 is 15.2 Å². The zero-order chi connectivity index (χ0) is 18.4. The van der Waals surface area contributed by atoms with Crippen molar-refractivity contribution in [2.75, 3.05) is 11.9 Å². The van der Waals surface area contributed by atoms with Crippen LogP contribution in [0.2, 0.25) is 0 Å². The molecular weight excluding hydrogens is 332 g/mol. The molecule has 2 rings (SSSR count). The number of aliphatic carboxylic acids is 1. The maximum Gasteiger partial charge on any atom is 0.305 e. The second-order valence-electron chi connectivity index (χ2n) is 4.91. The minimum atomic E-state index is -1.02. The van der Waals surface area contributed by atoms with Crippen molar-refractivity contribution in [1.82, 2.24) is 9.78 Å². The van der Waals surface area contributed by atoms with Gasteiger partial charge >= 0.3 is 5.97 Å². The summed E-state index contributed by atoms with van der Waals surface area (Å²) in [7, 11) is 0. The molecule has 2 N–H and O–H groups in total. The molecule has 0 saturated heterocycles. The number of carbonyl (C=O) groups is 2. The molecule has 0 aliphatic rings. The molecule has 1 heterocycles. The standard InChI is InChI=1S/C15H16N4O6/c1-2-25-10-3-4-11(13(9-10)19(23)24)17-15(22)12-5-7-16-18(12)8-6-14(20)21/h3-5,7,9H,2,6,8H2,1H3,(H,17,22)(H,20,21). The molecule has 0 saturated carbocycles. The third kappa shape index (κ3) is 4.53. The molecule has 1 aromatic carbocycles. The Labute approximate surface area is 142 Å². The maximum atomic E-state index is 12.4. The molecular formula is C15H16N4O6. The van der Waals surface area contributed by atoms with E-state index in [1.54, 1.807) is 6.92 Å². The summed E-state index contributed by atoms with van der Waals surface area (Å²) in [5.41, 5.74) is -0.204. The highest BCUT2D eigenvalue weighted by molar-refractivity contribution is 6.04. The van der Waals surface area contributed by atoms with Gasteiger partial charge in [0.1, 0.15) is 17.1 Å². The molecule has 25 heavy (non-hydrogen) atoms. The Morgan fingerprint density at radius 3 is 2.80 bits per heavy atom. The summed E-state index contributed by atoms with van der Waals surface area (Å²) in [5.74, 6) is -1.34. The number of aryl methyl sites for hydroxylation is 1. The van der Waals surface area contributed by atoms with E-state index in [-0.39, 0.29) is 30.0 Å². The van der Waals surface area contributed by atoms with Gasteiger partial charge in [-0.2, -0.15) is 5.10 Å². The second kappa shape index (κ2) is 7.90. The number of nitrogens with zero attached hydrogens (tertiary/aromatic N) is 3. The van der Waals surface area contributed by atoms with E-state index in [0.29, 0.717) is 12.4 Å². The van der Waals surface area contributed by atoms with Crippen LogP contribution in [0.15, 0.2) is 30.5 Å². The monoisotopic (exact) mass is 348 g/mol. The number of ether oxygens (including phenoxy) is 1. The average molecular weight is 348 g/mol. The second-order valence-corrected chi connectivity index (χ2v) is 4.91. The zero-order valence-electron chi connectivity index (χ0n) is 13.3. The number of aromatic nitrogens is 2. The van der Waals surface area contributed by atoms with Gasteiger partial charge in [-0.25, -0.2) is 0 Å². The Morgan fingerprint density at radius 1 is 1.40 bits per heavy atom. The van der Waals surface area contributed by atoms with E-state index in [9.17, 15) is 19.7 Å². The SMILES string of the molecule is CCOc1ccc(NC(=O)c2ccnn2CCC(=O)O)c([N+](=O)[O-])c1. The van der Waals surface area contributed by atoms with Crippen molar-refractivity contribution in [3.8, 4) is 5.75 Å². The summed E-state index contributed by atoms with van der Waals surface area (Å²) in [6.45, 7) is 2.11. The van der Waals surface area contributed by atoms with E-state index in [1.807, 2.05) is 0 Å². The molecule has 10 nitrogen and oxygen atoms in total. The first-order valence-corrected chi connectivity index (χ1v) is 7.38. The lowest BCUT2D eigenvalue weighted by Gasteiger charge is -2.09. The smallest absolute Gasteiger partial charge is 0.305 e. The number of hydrogen-bond donors (Lipinski definition) is 2. The largest absolute Gasteiger partial charge is 0.494 e. The van der Waals surface area contributed by atoms with E-state index >= 15 is 0 Å². The number of carbonyl (C=O) groups excluding carboxylic acids is 1. The van der Waals surface area contributed by atoms with E-state index < -0.39 is 16.8 Å². The fourth-order valence-corrected chi connectivity index (χ4v) is 2.12. The topological polar surface area (TPSA) is 137 Å². The van der Waals surface area contributed by atoms with Gasteiger partial charge in [0.05, 0.1) is 30.6 Å². The molecule has 1 amide bonds. The van der Waals surface area contributed by atoms with Crippen LogP contribution in [0.4, 0.5) is 11.4 Å². The summed E-state index contributed by atoms with van der Waals surface area (Å²) in [6.07, 6.45) is 1.15. The number of nitro benzene ring substituents is 1. The summed E-state index contributed by atoms with van der Waals surface area (Å²) < 4.78 is 6.44. The molecule has 132 valence electrons. The summed E-state index contributed by atoms with van der Waals surface area (Å²) >= 11 is 0. The molecule has 10 heteroatoms. The van der Waals surface area contributed by atoms with Crippen LogP contribution in [0.1, 0.15) is 23.8 Å². The van der Waals surface area contributed by atoms with Gasteiger partial charge in [-0.15, -0.1) is 0 Å². The third-order valence-electron chi connectivity index (χ3n) is 3.21. The maximum absolute atomic E-state index is 12.4. The number of nitro groups is 1. The van der Waals surface area contributed by atoms with Crippen molar-refractivity contribution < 1.29 is 24.4 Å². The lowest BCUT2D eigenvalue weighted by molar-refractivity contribution is -0.384. The number of nitrogens with one attached hydrogen (secondary N) is 1. The first-order valence-electron chi connectivity index (χ1n) is 7.38. The fraction of sp³-hybridized carbons (Fsp3) is 0.267. The van der Waals surface area contributed by atoms with Gasteiger partial charge in [0.25, 0.3) is 11.6 Å². The number of benzene rings is 1. The highest BCUT2D eigenvalue weighted by Crippen LogP contribution is 2.29. The van der Waals surface area contributed by atoms with E-state index in [2.05, 4.69) is 10.4 Å². The molecule has 0 bridgehead atoms. The molecule has 0 radical (unpaired) electrons. The van der Waals surface area contributed by atoms with Crippen LogP contribution >= 0.6 is 0 Å². The van der Waals surface area contributed by atoms with Crippen LogP contribution in [-0.4, -0.2) is 38.3 Å². The quantitative estimate of drug-likeness (QED) is 0.549. The van der Waals surface area contributed by atoms with Crippen molar-refractivity contribution in [2.45, 2.75) is 19.9 Å². The number of hydrogen-bond acceptors (Lipinski definition) is 6. The van der Waals surface area contributed by atoms with Crippen LogP contribution in [0.3, 0.4) is 0 Å². The van der Waals surface area contributed by atoms with Crippen LogP contribution < -0.4 is 10.1 Å². The number of carboxylic acid groups (broad SMARTS) is 1. The van der Waals surface area contributed by atoms with Crippen molar-refractivity contribution in [2.24, 2.45) is 0 Å². The van der Waals surface area contributed by atoms with E-state index in [0.717, 1.165) is 0 Å². The van der Waals surface area contributed by atoms with E-state index in [4.69, 9.17) is 9.84 Å². The van der Waals surface area contributed by atoms with Gasteiger partial charge in [0, 0.05) is 6.20 Å². The minimum Gasteiger partial charge on any atom is -0.494 e. The van der Waals surface area contributed by atoms with Crippen molar-refractivity contribution in [3.63, 3.8) is 0 Å². The summed E-state index contributed by atoms with van der Waals surface area (Å²) in [4.78, 5) is 33.6. The number of carboxylic acids is 1. The van der Waals surface area contributed by atoms with E-state index in [1.165, 1.54) is 35.1 Å². The Balaban J connectivity index is 2.22. The Kier molecular flexibility index (Phi) is 5.66. The van der Waals surface area contributed by atoms with Gasteiger partial charge in [-0.1, -0.05) is 0 Å². The molecule has 0 fully saturated rings. The molecule has 1 aromatic heterocycles. The van der Waals surface area contributed by atoms with Crippen molar-refractivity contribution >= 4 is 23.3 Å². The summed E-state index contributed by atoms with van der Waals surface area (Å²) in [6, 6.07) is 5.51. The Hall–Kier alpha value is -3.43. The highest BCUT2D eigenvalue weighted by atomic mass is 16.6. The fourth-order valence-electron chi connectivity index (χ4n) is 2.12.